The van der Waals surface area contributed by atoms with Crippen LogP contribution in [0.2, 0.25) is 0 Å². The fraction of sp³-hybridized carbons (Fsp3) is 1.00. The molecule has 3 unspecified atom stereocenters. The molecule has 0 bridgehead atoms. The van der Waals surface area contributed by atoms with Crippen molar-refractivity contribution in [1.29, 1.82) is 0 Å². The first-order valence-electron chi connectivity index (χ1n) is 5.03. The van der Waals surface area contributed by atoms with Gasteiger partial charge in [0.25, 0.3) is 0 Å². The summed E-state index contributed by atoms with van der Waals surface area (Å²) in [6, 6.07) is 0.452. The van der Waals surface area contributed by atoms with Crippen LogP contribution in [0.1, 0.15) is 39.5 Å². The number of nitrogens with two attached hydrogens (primary N) is 1. The highest BCUT2D eigenvalue weighted by molar-refractivity contribution is 7.83. The van der Waals surface area contributed by atoms with Gasteiger partial charge in [0.05, 0.1) is 11.0 Å². The SMILES string of the molecule is CC(C)S(=O)NC1CCCCC1N. The molecular weight excluding hydrogens is 184 g/mol. The van der Waals surface area contributed by atoms with Crippen molar-refractivity contribution in [3.05, 3.63) is 0 Å². The lowest BCUT2D eigenvalue weighted by Crippen LogP contribution is -2.48. The van der Waals surface area contributed by atoms with Crippen molar-refractivity contribution in [2.24, 2.45) is 5.73 Å². The zero-order valence-electron chi connectivity index (χ0n) is 8.45. The molecule has 0 radical (unpaired) electrons. The van der Waals surface area contributed by atoms with Gasteiger partial charge in [-0.15, -0.1) is 0 Å². The largest absolute Gasteiger partial charge is 0.326 e. The standard InChI is InChI=1S/C9H20N2OS/c1-7(2)13(12)11-9-6-4-3-5-8(9)10/h7-9,11H,3-6,10H2,1-2H3. The predicted octanol–water partition coefficient (Wildman–Crippen LogP) is 0.918. The molecule has 0 aromatic heterocycles. The molecule has 0 aliphatic heterocycles. The van der Waals surface area contributed by atoms with E-state index in [1.165, 1.54) is 12.8 Å². The molecule has 0 amide bonds. The van der Waals surface area contributed by atoms with E-state index in [9.17, 15) is 4.21 Å². The highest BCUT2D eigenvalue weighted by Crippen LogP contribution is 2.17. The predicted molar refractivity (Wildman–Crippen MR) is 56.6 cm³/mol. The number of nitrogens with one attached hydrogen (secondary N) is 1. The first-order chi connectivity index (χ1) is 6.11. The van der Waals surface area contributed by atoms with Gasteiger partial charge >= 0.3 is 0 Å². The van der Waals surface area contributed by atoms with Crippen molar-refractivity contribution >= 4 is 11.0 Å². The van der Waals surface area contributed by atoms with Crippen LogP contribution in [0.5, 0.6) is 0 Å². The lowest BCUT2D eigenvalue weighted by molar-refractivity contribution is 0.365. The monoisotopic (exact) mass is 204 g/mol. The average molecular weight is 204 g/mol. The van der Waals surface area contributed by atoms with E-state index in [4.69, 9.17) is 5.73 Å². The third-order valence-electron chi connectivity index (χ3n) is 2.52. The maximum Gasteiger partial charge on any atom is 0.0944 e. The normalized spacial score (nSPS) is 32.0. The smallest absolute Gasteiger partial charge is 0.0944 e. The van der Waals surface area contributed by atoms with E-state index in [-0.39, 0.29) is 17.3 Å². The van der Waals surface area contributed by atoms with Crippen molar-refractivity contribution < 1.29 is 4.21 Å². The second-order valence-electron chi connectivity index (χ2n) is 4.02. The van der Waals surface area contributed by atoms with E-state index < -0.39 is 11.0 Å². The molecule has 3 N–H and O–H groups in total. The first kappa shape index (κ1) is 11.1. The zero-order chi connectivity index (χ0) is 9.84. The Morgan fingerprint density at radius 3 is 2.54 bits per heavy atom. The quantitative estimate of drug-likeness (QED) is 0.718. The molecular formula is C9H20N2OS. The Labute approximate surface area is 83.1 Å². The van der Waals surface area contributed by atoms with E-state index in [2.05, 4.69) is 4.72 Å². The van der Waals surface area contributed by atoms with Crippen molar-refractivity contribution in [1.82, 2.24) is 4.72 Å². The molecule has 1 aliphatic rings. The van der Waals surface area contributed by atoms with Crippen LogP contribution in [0.4, 0.5) is 0 Å². The van der Waals surface area contributed by atoms with Crippen LogP contribution in [-0.2, 0) is 11.0 Å². The third-order valence-corrected chi connectivity index (χ3v) is 3.91. The summed E-state index contributed by atoms with van der Waals surface area (Å²) in [6.07, 6.45) is 4.56. The fourth-order valence-electron chi connectivity index (χ4n) is 1.59. The van der Waals surface area contributed by atoms with Crippen LogP contribution >= 0.6 is 0 Å². The van der Waals surface area contributed by atoms with Crippen LogP contribution in [0.3, 0.4) is 0 Å². The molecule has 1 saturated carbocycles. The molecule has 1 rings (SSSR count). The van der Waals surface area contributed by atoms with Gasteiger partial charge in [-0.1, -0.05) is 12.8 Å². The van der Waals surface area contributed by atoms with Gasteiger partial charge in [0, 0.05) is 17.3 Å². The van der Waals surface area contributed by atoms with Gasteiger partial charge in [-0.2, -0.15) is 0 Å². The van der Waals surface area contributed by atoms with Gasteiger partial charge in [-0.25, -0.2) is 8.93 Å². The Hall–Kier alpha value is 0.0700. The van der Waals surface area contributed by atoms with Gasteiger partial charge in [-0.05, 0) is 26.7 Å². The number of hydrogen-bond acceptors (Lipinski definition) is 2. The van der Waals surface area contributed by atoms with E-state index in [0.29, 0.717) is 0 Å². The zero-order valence-corrected chi connectivity index (χ0v) is 9.27. The topological polar surface area (TPSA) is 55.1 Å². The summed E-state index contributed by atoms with van der Waals surface area (Å²) < 4.78 is 14.6. The Kier molecular flexibility index (Phi) is 4.35. The minimum Gasteiger partial charge on any atom is -0.326 e. The first-order valence-corrected chi connectivity index (χ1v) is 6.25. The molecule has 4 heteroatoms. The Morgan fingerprint density at radius 1 is 1.38 bits per heavy atom. The molecule has 1 aliphatic carbocycles. The number of rotatable bonds is 3. The average Bonchev–Trinajstić information content (AvgIpc) is 2.08. The van der Waals surface area contributed by atoms with Gasteiger partial charge < -0.3 is 5.73 Å². The van der Waals surface area contributed by atoms with E-state index in [1.807, 2.05) is 13.8 Å². The van der Waals surface area contributed by atoms with Crippen LogP contribution in [0.15, 0.2) is 0 Å². The summed E-state index contributed by atoms with van der Waals surface area (Å²) in [4.78, 5) is 0. The molecule has 78 valence electrons. The highest BCUT2D eigenvalue weighted by atomic mass is 32.2. The molecule has 0 saturated heterocycles. The van der Waals surface area contributed by atoms with Crippen LogP contribution in [0.25, 0.3) is 0 Å². The summed E-state index contributed by atoms with van der Waals surface area (Å²) in [6.45, 7) is 3.91. The summed E-state index contributed by atoms with van der Waals surface area (Å²) in [5.41, 5.74) is 5.93. The lowest BCUT2D eigenvalue weighted by Gasteiger charge is -2.29. The summed E-state index contributed by atoms with van der Waals surface area (Å²) >= 11 is 0. The van der Waals surface area contributed by atoms with Gasteiger partial charge in [0.15, 0.2) is 0 Å². The Bertz CT molecular complexity index is 184. The van der Waals surface area contributed by atoms with Crippen LogP contribution < -0.4 is 10.5 Å². The second-order valence-corrected chi connectivity index (χ2v) is 5.79. The summed E-state index contributed by atoms with van der Waals surface area (Å²) in [7, 11) is -0.920. The van der Waals surface area contributed by atoms with E-state index in [0.717, 1.165) is 12.8 Å². The van der Waals surface area contributed by atoms with Crippen LogP contribution in [0, 0.1) is 0 Å². The van der Waals surface area contributed by atoms with Gasteiger partial charge in [0.2, 0.25) is 0 Å². The molecule has 1 fully saturated rings. The highest BCUT2D eigenvalue weighted by Gasteiger charge is 2.23. The molecule has 13 heavy (non-hydrogen) atoms. The molecule has 0 aromatic rings. The van der Waals surface area contributed by atoms with Crippen LogP contribution in [-0.4, -0.2) is 21.5 Å². The Balaban J connectivity index is 2.38. The van der Waals surface area contributed by atoms with Crippen molar-refractivity contribution in [3.63, 3.8) is 0 Å². The summed E-state index contributed by atoms with van der Waals surface area (Å²) in [5, 5.41) is 0.175. The second kappa shape index (κ2) is 5.08. The van der Waals surface area contributed by atoms with Crippen molar-refractivity contribution in [2.75, 3.05) is 0 Å². The molecule has 0 heterocycles. The van der Waals surface area contributed by atoms with Gasteiger partial charge in [0.1, 0.15) is 0 Å². The molecule has 0 aromatic carbocycles. The fourth-order valence-corrected chi connectivity index (χ4v) is 2.45. The van der Waals surface area contributed by atoms with Crippen molar-refractivity contribution in [3.8, 4) is 0 Å². The summed E-state index contributed by atoms with van der Waals surface area (Å²) in [5.74, 6) is 0. The van der Waals surface area contributed by atoms with E-state index in [1.54, 1.807) is 0 Å². The Morgan fingerprint density at radius 2 is 2.00 bits per heavy atom. The molecule has 3 nitrogen and oxygen atoms in total. The van der Waals surface area contributed by atoms with E-state index >= 15 is 0 Å². The lowest BCUT2D eigenvalue weighted by atomic mass is 9.92. The maximum atomic E-state index is 11.5. The minimum absolute atomic E-state index is 0.175. The number of hydrogen-bond donors (Lipinski definition) is 2. The molecule has 0 spiro atoms. The maximum absolute atomic E-state index is 11.5. The molecule has 3 atom stereocenters. The third kappa shape index (κ3) is 3.37. The van der Waals surface area contributed by atoms with Crippen molar-refractivity contribution in [2.45, 2.75) is 56.9 Å². The minimum atomic E-state index is -0.920. The van der Waals surface area contributed by atoms with Gasteiger partial charge in [-0.3, -0.25) is 0 Å².